The van der Waals surface area contributed by atoms with Crippen molar-refractivity contribution in [2.75, 3.05) is 13.1 Å². The fourth-order valence-corrected chi connectivity index (χ4v) is 9.90. The maximum atomic E-state index is 13.9. The lowest BCUT2D eigenvalue weighted by molar-refractivity contribution is -0.385. The number of rotatable bonds is 15. The highest BCUT2D eigenvalue weighted by molar-refractivity contribution is 8.03. The molecule has 3 aliphatic heterocycles. The molecule has 2 aromatic carbocycles. The summed E-state index contributed by atoms with van der Waals surface area (Å²) in [6, 6.07) is 12.0. The summed E-state index contributed by atoms with van der Waals surface area (Å²) >= 11 is 1.35. The van der Waals surface area contributed by atoms with Crippen molar-refractivity contribution in [2.45, 2.75) is 83.0 Å². The fraction of sp³-hybridized carbons (Fsp3) is 0.472. The van der Waals surface area contributed by atoms with Gasteiger partial charge in [-0.1, -0.05) is 6.92 Å². The number of non-ortho nitro benzene ring substituents is 2. The van der Waals surface area contributed by atoms with Gasteiger partial charge in [-0.15, -0.1) is 11.8 Å². The van der Waals surface area contributed by atoms with E-state index in [4.69, 9.17) is 19.2 Å². The van der Waals surface area contributed by atoms with E-state index < -0.39 is 54.2 Å². The summed E-state index contributed by atoms with van der Waals surface area (Å²) in [6.07, 6.45) is -1.09. The van der Waals surface area contributed by atoms with Crippen molar-refractivity contribution in [2.24, 2.45) is 11.8 Å². The second-order valence-corrected chi connectivity index (χ2v) is 20.4. The minimum absolute atomic E-state index is 0.0315. The van der Waals surface area contributed by atoms with Crippen molar-refractivity contribution < 1.29 is 42.9 Å². The maximum absolute atomic E-state index is 13.9. The normalized spacial score (nSPS) is 22.3. The van der Waals surface area contributed by atoms with Crippen LogP contribution in [-0.4, -0.2) is 88.4 Å². The molecule has 17 nitrogen and oxygen atoms in total. The number of carbonyl (C=O) groups is 4. The summed E-state index contributed by atoms with van der Waals surface area (Å²) in [4.78, 5) is 78.0. The van der Waals surface area contributed by atoms with Gasteiger partial charge in [-0.3, -0.25) is 29.8 Å². The molecule has 19 heteroatoms. The molecule has 0 bridgehead atoms. The van der Waals surface area contributed by atoms with Gasteiger partial charge in [0.1, 0.15) is 25.3 Å². The SMILES string of the molecule is C[C@@H](O[Si](C)(C)C)[C@H]1C(=O)N2C(C(=O)OCc3ccc([N+](=O)[O-])cc3)=C(S[C@H]3C[C@@H](CNC(=O)CC#N)N(C(=O)OCc4ccc([N+](=O)[O-])cc4)C3)[C@H](C)[C@H]12. The van der Waals surface area contributed by atoms with Crippen molar-refractivity contribution in [3.05, 3.63) is 90.5 Å². The lowest BCUT2D eigenvalue weighted by atomic mass is 9.79. The molecule has 6 atom stereocenters. The Kier molecular flexibility index (Phi) is 12.6. The van der Waals surface area contributed by atoms with E-state index in [1.807, 2.05) is 33.5 Å². The third-order valence-electron chi connectivity index (χ3n) is 9.53. The highest BCUT2D eigenvalue weighted by atomic mass is 32.2. The van der Waals surface area contributed by atoms with E-state index in [9.17, 15) is 39.4 Å². The molecule has 0 aliphatic carbocycles. The van der Waals surface area contributed by atoms with Crippen LogP contribution in [0.1, 0.15) is 37.8 Å². The standard InChI is InChI=1S/C36H42N6O11SSi/c1-21-31-30(22(2)53-55(3,4)5)34(44)40(31)32(35(45)51-19-23-6-10-25(11-7-23)41(47)48)33(21)54-28-16-27(17-38-29(43)14-15-37)39(18-28)36(46)52-20-24-8-12-26(13-9-24)42(49)50/h6-13,21-22,27-28,30-31H,14,16-20H2,1-5H3,(H,38,43)/t21-,22-,27+,28+,30-,31-/m1/s1. The van der Waals surface area contributed by atoms with Crippen LogP contribution in [-0.2, 0) is 41.5 Å². The van der Waals surface area contributed by atoms with Crippen LogP contribution in [0.3, 0.4) is 0 Å². The molecule has 1 N–H and O–H groups in total. The molecule has 3 amide bonds. The number of esters is 1. The van der Waals surface area contributed by atoms with E-state index in [1.54, 1.807) is 6.07 Å². The Morgan fingerprint density at radius 2 is 1.56 bits per heavy atom. The van der Waals surface area contributed by atoms with E-state index in [0.29, 0.717) is 22.5 Å². The lowest BCUT2D eigenvalue weighted by Crippen LogP contribution is -2.64. The number of benzene rings is 2. The second-order valence-electron chi connectivity index (χ2n) is 14.6. The first-order valence-electron chi connectivity index (χ1n) is 17.6. The molecule has 0 spiro atoms. The average molecular weight is 795 g/mol. The van der Waals surface area contributed by atoms with Crippen LogP contribution >= 0.6 is 11.8 Å². The van der Waals surface area contributed by atoms with Crippen molar-refractivity contribution in [3.8, 4) is 6.07 Å². The van der Waals surface area contributed by atoms with Crippen LogP contribution in [0.5, 0.6) is 0 Å². The third-order valence-corrected chi connectivity index (χ3v) is 12.1. The highest BCUT2D eigenvalue weighted by Gasteiger charge is 2.61. The van der Waals surface area contributed by atoms with Crippen LogP contribution in [0.4, 0.5) is 16.2 Å². The van der Waals surface area contributed by atoms with Crippen molar-refractivity contribution in [3.63, 3.8) is 0 Å². The van der Waals surface area contributed by atoms with Gasteiger partial charge in [-0.05, 0) is 68.4 Å². The number of carbonyl (C=O) groups excluding carboxylic acids is 4. The first-order valence-corrected chi connectivity index (χ1v) is 21.9. The van der Waals surface area contributed by atoms with Crippen LogP contribution in [0.2, 0.25) is 19.6 Å². The zero-order valence-electron chi connectivity index (χ0n) is 31.0. The topological polar surface area (TPSA) is 225 Å². The smallest absolute Gasteiger partial charge is 0.410 e. The van der Waals surface area contributed by atoms with Crippen molar-refractivity contribution >= 4 is 55.3 Å². The van der Waals surface area contributed by atoms with Crippen LogP contribution < -0.4 is 5.32 Å². The van der Waals surface area contributed by atoms with Gasteiger partial charge in [0.2, 0.25) is 11.8 Å². The summed E-state index contributed by atoms with van der Waals surface area (Å²) in [5, 5.41) is 33.5. The van der Waals surface area contributed by atoms with E-state index in [-0.39, 0.29) is 72.9 Å². The quantitative estimate of drug-likeness (QED) is 0.0823. The number of fused-ring (bicyclic) bond motifs is 1. The van der Waals surface area contributed by atoms with Gasteiger partial charge in [-0.2, -0.15) is 5.26 Å². The van der Waals surface area contributed by atoms with Crippen LogP contribution in [0.15, 0.2) is 59.1 Å². The predicted octanol–water partition coefficient (Wildman–Crippen LogP) is 5.02. The highest BCUT2D eigenvalue weighted by Crippen LogP contribution is 2.53. The molecule has 292 valence electrons. The Balaban J connectivity index is 1.37. The Hall–Kier alpha value is -5.32. The molecule has 0 saturated carbocycles. The van der Waals surface area contributed by atoms with Gasteiger partial charge < -0.3 is 29.0 Å². The Morgan fingerprint density at radius 1 is 1.00 bits per heavy atom. The predicted molar refractivity (Wildman–Crippen MR) is 200 cm³/mol. The number of amides is 3. The molecule has 0 aromatic heterocycles. The third kappa shape index (κ3) is 9.50. The summed E-state index contributed by atoms with van der Waals surface area (Å²) in [7, 11) is -2.04. The first-order chi connectivity index (χ1) is 26.0. The Bertz CT molecular complexity index is 1910. The van der Waals surface area contributed by atoms with Crippen molar-refractivity contribution in [1.29, 1.82) is 5.26 Å². The molecule has 3 aliphatic rings. The second kappa shape index (κ2) is 17.0. The van der Waals surface area contributed by atoms with Crippen LogP contribution in [0, 0.1) is 43.4 Å². The van der Waals surface area contributed by atoms with E-state index in [1.165, 1.54) is 70.1 Å². The number of nitrogens with zero attached hydrogens (tertiary/aromatic N) is 5. The number of nitriles is 1. The number of nitro groups is 2. The number of thioether (sulfide) groups is 1. The minimum atomic E-state index is -2.04. The Labute approximate surface area is 322 Å². The molecular formula is C36H42N6O11SSi. The summed E-state index contributed by atoms with van der Waals surface area (Å²) < 4.78 is 17.6. The molecule has 2 saturated heterocycles. The van der Waals surface area contributed by atoms with E-state index in [0.717, 1.165) is 0 Å². The molecule has 0 radical (unpaired) electrons. The largest absolute Gasteiger partial charge is 0.456 e. The van der Waals surface area contributed by atoms with Crippen molar-refractivity contribution in [1.82, 2.24) is 15.1 Å². The number of ether oxygens (including phenoxy) is 2. The monoisotopic (exact) mass is 794 g/mol. The number of nitrogens with one attached hydrogen (secondary N) is 1. The molecule has 5 rings (SSSR count). The molecule has 55 heavy (non-hydrogen) atoms. The van der Waals surface area contributed by atoms with Gasteiger partial charge in [0, 0.05) is 53.4 Å². The lowest BCUT2D eigenvalue weighted by Gasteiger charge is -2.48. The number of likely N-dealkylation sites (tertiary alicyclic amines) is 1. The van der Waals surface area contributed by atoms with Gasteiger partial charge in [0.15, 0.2) is 8.32 Å². The summed E-state index contributed by atoms with van der Waals surface area (Å²) in [5.41, 5.74) is 0.925. The first kappa shape index (κ1) is 40.9. The van der Waals surface area contributed by atoms with E-state index >= 15 is 0 Å². The molecule has 3 heterocycles. The molecular weight excluding hydrogens is 753 g/mol. The number of hydrogen-bond acceptors (Lipinski definition) is 13. The number of β-lactam (4-membered cyclic amide) rings is 1. The number of nitro benzene ring substituents is 2. The maximum Gasteiger partial charge on any atom is 0.410 e. The number of hydrogen-bond donors (Lipinski definition) is 1. The zero-order chi connectivity index (χ0) is 40.2. The van der Waals surface area contributed by atoms with Gasteiger partial charge in [-0.25, -0.2) is 9.59 Å². The van der Waals surface area contributed by atoms with E-state index in [2.05, 4.69) is 5.32 Å². The molecule has 0 unspecified atom stereocenters. The summed E-state index contributed by atoms with van der Waals surface area (Å²) in [5.74, 6) is -2.32. The minimum Gasteiger partial charge on any atom is -0.456 e. The summed E-state index contributed by atoms with van der Waals surface area (Å²) in [6.45, 7) is 9.72. The Morgan fingerprint density at radius 3 is 2.09 bits per heavy atom. The average Bonchev–Trinajstić information content (AvgIpc) is 3.64. The van der Waals surface area contributed by atoms with Crippen LogP contribution in [0.25, 0.3) is 0 Å². The fourth-order valence-electron chi connectivity index (χ4n) is 7.08. The van der Waals surface area contributed by atoms with Gasteiger partial charge >= 0.3 is 12.1 Å². The molecule has 2 fully saturated rings. The van der Waals surface area contributed by atoms with Gasteiger partial charge in [0.25, 0.3) is 11.4 Å². The van der Waals surface area contributed by atoms with Gasteiger partial charge in [0.05, 0.1) is 40.0 Å². The zero-order valence-corrected chi connectivity index (χ0v) is 32.8. The molecule has 2 aromatic rings.